The SMILES string of the molecule is CCC(C)(Cc1cccc(O)c1)CN(C)C. The summed E-state index contributed by atoms with van der Waals surface area (Å²) in [5.74, 6) is 0.362. The minimum Gasteiger partial charge on any atom is -0.508 e. The van der Waals surface area contributed by atoms with E-state index in [2.05, 4.69) is 38.9 Å². The normalized spacial score (nSPS) is 15.1. The number of hydrogen-bond donors (Lipinski definition) is 1. The van der Waals surface area contributed by atoms with Crippen molar-refractivity contribution in [2.75, 3.05) is 20.6 Å². The molecule has 0 fully saturated rings. The summed E-state index contributed by atoms with van der Waals surface area (Å²) in [4.78, 5) is 2.23. The van der Waals surface area contributed by atoms with E-state index in [0.29, 0.717) is 5.75 Å². The van der Waals surface area contributed by atoms with E-state index in [1.165, 1.54) is 5.56 Å². The Morgan fingerprint density at radius 1 is 1.31 bits per heavy atom. The molecule has 0 aliphatic rings. The maximum Gasteiger partial charge on any atom is 0.115 e. The zero-order valence-electron chi connectivity index (χ0n) is 10.8. The van der Waals surface area contributed by atoms with Crippen LogP contribution in [0.4, 0.5) is 0 Å². The van der Waals surface area contributed by atoms with Crippen molar-refractivity contribution in [2.24, 2.45) is 5.41 Å². The smallest absolute Gasteiger partial charge is 0.115 e. The van der Waals surface area contributed by atoms with Gasteiger partial charge in [-0.3, -0.25) is 0 Å². The Balaban J connectivity index is 2.76. The Labute approximate surface area is 98.9 Å². The largest absolute Gasteiger partial charge is 0.508 e. The lowest BCUT2D eigenvalue weighted by Gasteiger charge is -2.31. The number of rotatable bonds is 5. The van der Waals surface area contributed by atoms with Crippen molar-refractivity contribution in [1.82, 2.24) is 4.90 Å². The monoisotopic (exact) mass is 221 g/mol. The summed E-state index contributed by atoms with van der Waals surface area (Å²) < 4.78 is 0. The zero-order chi connectivity index (χ0) is 12.2. The van der Waals surface area contributed by atoms with Crippen LogP contribution in [0.15, 0.2) is 24.3 Å². The van der Waals surface area contributed by atoms with Crippen LogP contribution in [-0.4, -0.2) is 30.6 Å². The van der Waals surface area contributed by atoms with E-state index in [1.807, 2.05) is 12.1 Å². The molecule has 2 heteroatoms. The minimum atomic E-state index is 0.275. The molecule has 90 valence electrons. The van der Waals surface area contributed by atoms with Gasteiger partial charge in [0.25, 0.3) is 0 Å². The molecule has 0 saturated heterocycles. The first-order valence-corrected chi connectivity index (χ1v) is 5.88. The molecule has 0 aliphatic carbocycles. The summed E-state index contributed by atoms with van der Waals surface area (Å²) in [5, 5.41) is 9.45. The Hall–Kier alpha value is -1.02. The third kappa shape index (κ3) is 3.86. The number of benzene rings is 1. The lowest BCUT2D eigenvalue weighted by atomic mass is 9.81. The van der Waals surface area contributed by atoms with Crippen LogP contribution in [-0.2, 0) is 6.42 Å². The fourth-order valence-corrected chi connectivity index (χ4v) is 2.22. The molecule has 0 saturated carbocycles. The van der Waals surface area contributed by atoms with Gasteiger partial charge in [-0.15, -0.1) is 0 Å². The maximum absolute atomic E-state index is 9.45. The molecule has 1 N–H and O–H groups in total. The molecule has 1 rings (SSSR count). The van der Waals surface area contributed by atoms with Crippen LogP contribution in [0.3, 0.4) is 0 Å². The van der Waals surface area contributed by atoms with Crippen LogP contribution < -0.4 is 0 Å². The van der Waals surface area contributed by atoms with E-state index in [1.54, 1.807) is 6.07 Å². The van der Waals surface area contributed by atoms with Gasteiger partial charge >= 0.3 is 0 Å². The van der Waals surface area contributed by atoms with Gasteiger partial charge in [-0.2, -0.15) is 0 Å². The molecule has 0 aromatic heterocycles. The maximum atomic E-state index is 9.45. The van der Waals surface area contributed by atoms with Crippen LogP contribution >= 0.6 is 0 Å². The molecule has 0 amide bonds. The first-order valence-electron chi connectivity index (χ1n) is 5.88. The molecule has 0 spiro atoms. The van der Waals surface area contributed by atoms with E-state index >= 15 is 0 Å². The van der Waals surface area contributed by atoms with E-state index in [0.717, 1.165) is 19.4 Å². The Bertz CT molecular complexity index is 335. The predicted octanol–water partition coefficient (Wildman–Crippen LogP) is 2.91. The summed E-state index contributed by atoms with van der Waals surface area (Å²) >= 11 is 0. The van der Waals surface area contributed by atoms with Gasteiger partial charge in [0.05, 0.1) is 0 Å². The van der Waals surface area contributed by atoms with Gasteiger partial charge in [-0.1, -0.05) is 26.0 Å². The molecule has 0 heterocycles. The number of phenols is 1. The second-order valence-electron chi connectivity index (χ2n) is 5.25. The van der Waals surface area contributed by atoms with Crippen molar-refractivity contribution in [3.05, 3.63) is 29.8 Å². The first-order chi connectivity index (χ1) is 7.45. The zero-order valence-corrected chi connectivity index (χ0v) is 10.8. The standard InChI is InChI=1S/C14H23NO/c1-5-14(2,11-15(3)4)10-12-7-6-8-13(16)9-12/h6-9,16H,5,10-11H2,1-4H3. The van der Waals surface area contributed by atoms with Crippen molar-refractivity contribution in [1.29, 1.82) is 0 Å². The van der Waals surface area contributed by atoms with Gasteiger partial charge in [-0.25, -0.2) is 0 Å². The number of phenolic OH excluding ortho intramolecular Hbond substituents is 1. The van der Waals surface area contributed by atoms with Crippen molar-refractivity contribution >= 4 is 0 Å². The average molecular weight is 221 g/mol. The van der Waals surface area contributed by atoms with Crippen LogP contribution in [0.1, 0.15) is 25.8 Å². The summed E-state index contributed by atoms with van der Waals surface area (Å²) in [6.45, 7) is 5.60. The average Bonchev–Trinajstić information content (AvgIpc) is 2.16. The van der Waals surface area contributed by atoms with Gasteiger partial charge in [-0.05, 0) is 50.0 Å². The Morgan fingerprint density at radius 3 is 2.50 bits per heavy atom. The van der Waals surface area contributed by atoms with Gasteiger partial charge < -0.3 is 10.0 Å². The van der Waals surface area contributed by atoms with E-state index in [-0.39, 0.29) is 5.41 Å². The Morgan fingerprint density at radius 2 is 2.00 bits per heavy atom. The lowest BCUT2D eigenvalue weighted by Crippen LogP contribution is -2.32. The third-order valence-corrected chi connectivity index (χ3v) is 3.09. The van der Waals surface area contributed by atoms with Gasteiger partial charge in [0.2, 0.25) is 0 Å². The van der Waals surface area contributed by atoms with Crippen LogP contribution in [0, 0.1) is 5.41 Å². The van der Waals surface area contributed by atoms with Crippen molar-refractivity contribution in [3.63, 3.8) is 0 Å². The lowest BCUT2D eigenvalue weighted by molar-refractivity contribution is 0.209. The number of hydrogen-bond acceptors (Lipinski definition) is 2. The molecule has 0 aliphatic heterocycles. The summed E-state index contributed by atoms with van der Waals surface area (Å²) in [6.07, 6.45) is 2.15. The summed E-state index contributed by atoms with van der Waals surface area (Å²) in [7, 11) is 4.22. The quantitative estimate of drug-likeness (QED) is 0.826. The van der Waals surface area contributed by atoms with Crippen LogP contribution in [0.5, 0.6) is 5.75 Å². The van der Waals surface area contributed by atoms with Crippen molar-refractivity contribution in [2.45, 2.75) is 26.7 Å². The number of nitrogens with zero attached hydrogens (tertiary/aromatic N) is 1. The molecule has 1 atom stereocenters. The molecule has 1 aromatic rings. The first kappa shape index (κ1) is 13.0. The number of aromatic hydroxyl groups is 1. The second kappa shape index (κ2) is 5.35. The fraction of sp³-hybridized carbons (Fsp3) is 0.571. The van der Waals surface area contributed by atoms with Crippen LogP contribution in [0.25, 0.3) is 0 Å². The minimum absolute atomic E-state index is 0.275. The fourth-order valence-electron chi connectivity index (χ4n) is 2.22. The predicted molar refractivity (Wildman–Crippen MR) is 68.8 cm³/mol. The second-order valence-corrected chi connectivity index (χ2v) is 5.25. The molecular formula is C14H23NO. The van der Waals surface area contributed by atoms with Crippen LogP contribution in [0.2, 0.25) is 0 Å². The van der Waals surface area contributed by atoms with Crippen molar-refractivity contribution < 1.29 is 5.11 Å². The third-order valence-electron chi connectivity index (χ3n) is 3.09. The molecule has 1 unspecified atom stereocenters. The topological polar surface area (TPSA) is 23.5 Å². The Kier molecular flexibility index (Phi) is 4.36. The van der Waals surface area contributed by atoms with Crippen molar-refractivity contribution in [3.8, 4) is 5.75 Å². The highest BCUT2D eigenvalue weighted by Gasteiger charge is 2.23. The summed E-state index contributed by atoms with van der Waals surface area (Å²) in [6, 6.07) is 7.59. The molecule has 0 radical (unpaired) electrons. The van der Waals surface area contributed by atoms with E-state index < -0.39 is 0 Å². The molecule has 1 aromatic carbocycles. The van der Waals surface area contributed by atoms with Gasteiger partial charge in [0, 0.05) is 6.54 Å². The van der Waals surface area contributed by atoms with E-state index in [4.69, 9.17) is 0 Å². The van der Waals surface area contributed by atoms with Gasteiger partial charge in [0.15, 0.2) is 0 Å². The highest BCUT2D eigenvalue weighted by atomic mass is 16.3. The summed E-state index contributed by atoms with van der Waals surface area (Å²) in [5.41, 5.74) is 1.49. The molecular weight excluding hydrogens is 198 g/mol. The highest BCUT2D eigenvalue weighted by Crippen LogP contribution is 2.28. The van der Waals surface area contributed by atoms with E-state index in [9.17, 15) is 5.11 Å². The molecule has 16 heavy (non-hydrogen) atoms. The highest BCUT2D eigenvalue weighted by molar-refractivity contribution is 5.27. The molecule has 2 nitrogen and oxygen atoms in total. The molecule has 0 bridgehead atoms. The van der Waals surface area contributed by atoms with Gasteiger partial charge in [0.1, 0.15) is 5.75 Å².